The zero-order valence-electron chi connectivity index (χ0n) is 15.4. The number of amides is 1. The normalized spacial score (nSPS) is 19.8. The molecule has 1 atom stereocenters. The van der Waals surface area contributed by atoms with Crippen molar-refractivity contribution >= 4 is 5.91 Å². The van der Waals surface area contributed by atoms with Gasteiger partial charge >= 0.3 is 0 Å². The van der Waals surface area contributed by atoms with Gasteiger partial charge in [-0.05, 0) is 55.7 Å². The number of para-hydroxylation sites is 1. The molecule has 0 aliphatic carbocycles. The number of carbonyl (C=O) groups is 1. The molecular weight excluding hydrogens is 368 g/mol. The average molecular weight is 391 g/mol. The summed E-state index contributed by atoms with van der Waals surface area (Å²) >= 11 is 0. The lowest BCUT2D eigenvalue weighted by molar-refractivity contribution is -0.133. The Hall–Kier alpha value is -2.67. The molecule has 150 valence electrons. The largest absolute Gasteiger partial charge is 0.491 e. The predicted octanol–water partition coefficient (Wildman–Crippen LogP) is 3.17. The lowest BCUT2D eigenvalue weighted by Gasteiger charge is -2.27. The Kier molecular flexibility index (Phi) is 6.46. The Bertz CT molecular complexity index is 799. The summed E-state index contributed by atoms with van der Waals surface area (Å²) in [7, 11) is 0. The molecule has 1 unspecified atom stereocenters. The van der Waals surface area contributed by atoms with E-state index < -0.39 is 11.4 Å². The highest BCUT2D eigenvalue weighted by Crippen LogP contribution is 2.24. The monoisotopic (exact) mass is 391 g/mol. The molecular formula is C21H23F2NO4. The third-order valence-corrected chi connectivity index (χ3v) is 4.78. The van der Waals surface area contributed by atoms with Gasteiger partial charge in [0, 0.05) is 13.1 Å². The van der Waals surface area contributed by atoms with E-state index in [2.05, 4.69) is 0 Å². The number of hydrogen-bond donors (Lipinski definition) is 1. The van der Waals surface area contributed by atoms with Gasteiger partial charge in [0.15, 0.2) is 18.2 Å². The van der Waals surface area contributed by atoms with Crippen LogP contribution in [-0.4, -0.2) is 47.8 Å². The van der Waals surface area contributed by atoms with Gasteiger partial charge in [-0.1, -0.05) is 12.1 Å². The number of carbonyl (C=O) groups excluding carboxylic acids is 1. The molecule has 0 radical (unpaired) electrons. The molecule has 28 heavy (non-hydrogen) atoms. The smallest absolute Gasteiger partial charge is 0.260 e. The van der Waals surface area contributed by atoms with E-state index in [4.69, 9.17) is 9.47 Å². The highest BCUT2D eigenvalue weighted by atomic mass is 19.1. The van der Waals surface area contributed by atoms with E-state index in [9.17, 15) is 18.7 Å². The predicted molar refractivity (Wildman–Crippen MR) is 99.2 cm³/mol. The van der Waals surface area contributed by atoms with Crippen molar-refractivity contribution in [2.75, 3.05) is 26.3 Å². The van der Waals surface area contributed by atoms with Crippen LogP contribution in [0.5, 0.6) is 11.5 Å². The molecule has 7 heteroatoms. The van der Waals surface area contributed by atoms with E-state index in [1.807, 2.05) is 0 Å². The molecule has 5 nitrogen and oxygen atoms in total. The van der Waals surface area contributed by atoms with Gasteiger partial charge in [-0.3, -0.25) is 4.79 Å². The SMILES string of the molecule is O=C(COc1ccccc1F)N1CCCC(O)(COc2ccc(F)cc2)CC1. The summed E-state index contributed by atoms with van der Waals surface area (Å²) in [6, 6.07) is 11.5. The molecule has 2 aromatic rings. The maximum absolute atomic E-state index is 13.6. The molecule has 0 spiro atoms. The van der Waals surface area contributed by atoms with E-state index >= 15 is 0 Å². The maximum Gasteiger partial charge on any atom is 0.260 e. The maximum atomic E-state index is 13.6. The molecule has 0 saturated carbocycles. The standard InChI is InChI=1S/C21H23F2NO4/c22-16-6-8-17(9-7-16)28-15-21(26)10-3-12-24(13-11-21)20(25)14-27-19-5-2-1-4-18(19)23/h1-2,4-9,26H,3,10-15H2. The summed E-state index contributed by atoms with van der Waals surface area (Å²) in [5, 5.41) is 10.8. The molecule has 0 aromatic heterocycles. The Labute approximate surface area is 162 Å². The molecule has 2 aromatic carbocycles. The molecule has 1 saturated heterocycles. The number of hydrogen-bond acceptors (Lipinski definition) is 4. The molecule has 1 aliphatic rings. The van der Waals surface area contributed by atoms with E-state index in [1.54, 1.807) is 17.0 Å². The first-order valence-electron chi connectivity index (χ1n) is 9.21. The van der Waals surface area contributed by atoms with Crippen molar-refractivity contribution < 1.29 is 28.2 Å². The second kappa shape index (κ2) is 9.01. The van der Waals surface area contributed by atoms with Crippen molar-refractivity contribution in [1.29, 1.82) is 0 Å². The number of rotatable bonds is 6. The highest BCUT2D eigenvalue weighted by Gasteiger charge is 2.32. The third-order valence-electron chi connectivity index (χ3n) is 4.78. The lowest BCUT2D eigenvalue weighted by atomic mass is 9.96. The minimum atomic E-state index is -1.07. The van der Waals surface area contributed by atoms with Crippen LogP contribution >= 0.6 is 0 Å². The zero-order valence-corrected chi connectivity index (χ0v) is 15.4. The molecule has 1 N–H and O–H groups in total. The molecule has 1 heterocycles. The second-order valence-corrected chi connectivity index (χ2v) is 6.92. The van der Waals surface area contributed by atoms with E-state index in [0.717, 1.165) is 0 Å². The van der Waals surface area contributed by atoms with Crippen molar-refractivity contribution in [2.45, 2.75) is 24.9 Å². The fourth-order valence-corrected chi connectivity index (χ4v) is 3.11. The van der Waals surface area contributed by atoms with E-state index in [-0.39, 0.29) is 30.7 Å². The quantitative estimate of drug-likeness (QED) is 0.822. The van der Waals surface area contributed by atoms with Gasteiger partial charge in [0.05, 0.1) is 0 Å². The minimum Gasteiger partial charge on any atom is -0.491 e. The number of nitrogens with zero attached hydrogens (tertiary/aromatic N) is 1. The number of likely N-dealkylation sites (tertiary alicyclic amines) is 1. The topological polar surface area (TPSA) is 59.0 Å². The van der Waals surface area contributed by atoms with Crippen molar-refractivity contribution in [3.63, 3.8) is 0 Å². The number of benzene rings is 2. The van der Waals surface area contributed by atoms with Crippen molar-refractivity contribution in [3.05, 3.63) is 60.2 Å². The lowest BCUT2D eigenvalue weighted by Crippen LogP contribution is -2.39. The van der Waals surface area contributed by atoms with Crippen LogP contribution in [-0.2, 0) is 4.79 Å². The van der Waals surface area contributed by atoms with Crippen LogP contribution in [0.2, 0.25) is 0 Å². The summed E-state index contributed by atoms with van der Waals surface area (Å²) in [6.45, 7) is 0.638. The first-order valence-corrected chi connectivity index (χ1v) is 9.21. The summed E-state index contributed by atoms with van der Waals surface area (Å²) in [6.07, 6.45) is 1.43. The van der Waals surface area contributed by atoms with E-state index in [1.165, 1.54) is 36.4 Å². The number of aliphatic hydroxyl groups is 1. The average Bonchev–Trinajstić information content (AvgIpc) is 2.89. The number of ether oxygens (including phenoxy) is 2. The molecule has 1 aliphatic heterocycles. The van der Waals surface area contributed by atoms with Gasteiger partial charge in [-0.25, -0.2) is 8.78 Å². The van der Waals surface area contributed by atoms with Gasteiger partial charge in [-0.15, -0.1) is 0 Å². The summed E-state index contributed by atoms with van der Waals surface area (Å²) < 4.78 is 37.4. The zero-order chi connectivity index (χ0) is 20.0. The van der Waals surface area contributed by atoms with Crippen LogP contribution in [0.15, 0.2) is 48.5 Å². The summed E-state index contributed by atoms with van der Waals surface area (Å²) in [5.41, 5.74) is -1.07. The Morgan fingerprint density at radius 2 is 1.79 bits per heavy atom. The van der Waals surface area contributed by atoms with Crippen molar-refractivity contribution in [3.8, 4) is 11.5 Å². The minimum absolute atomic E-state index is 0.0369. The fraction of sp³-hybridized carbons (Fsp3) is 0.381. The van der Waals surface area contributed by atoms with Crippen molar-refractivity contribution in [2.24, 2.45) is 0 Å². The molecule has 1 amide bonds. The van der Waals surface area contributed by atoms with Crippen LogP contribution in [0.1, 0.15) is 19.3 Å². The Balaban J connectivity index is 1.49. The summed E-state index contributed by atoms with van der Waals surface area (Å²) in [4.78, 5) is 14.0. The molecule has 1 fully saturated rings. The second-order valence-electron chi connectivity index (χ2n) is 6.92. The van der Waals surface area contributed by atoms with Gasteiger partial charge in [0.2, 0.25) is 0 Å². The van der Waals surface area contributed by atoms with Crippen molar-refractivity contribution in [1.82, 2.24) is 4.90 Å². The molecule has 0 bridgehead atoms. The third kappa shape index (κ3) is 5.42. The first-order chi connectivity index (χ1) is 13.5. The van der Waals surface area contributed by atoms with Gasteiger partial charge < -0.3 is 19.5 Å². The van der Waals surface area contributed by atoms with Gasteiger partial charge in [0.25, 0.3) is 5.91 Å². The highest BCUT2D eigenvalue weighted by molar-refractivity contribution is 5.77. The fourth-order valence-electron chi connectivity index (χ4n) is 3.11. The van der Waals surface area contributed by atoms with Crippen LogP contribution < -0.4 is 9.47 Å². The first kappa shape index (κ1) is 20.1. The number of halogens is 2. The van der Waals surface area contributed by atoms with Gasteiger partial charge in [0.1, 0.15) is 23.8 Å². The van der Waals surface area contributed by atoms with Gasteiger partial charge in [-0.2, -0.15) is 0 Å². The molecule has 3 rings (SSSR count). The Morgan fingerprint density at radius 3 is 2.54 bits per heavy atom. The van der Waals surface area contributed by atoms with Crippen LogP contribution in [0, 0.1) is 11.6 Å². The van der Waals surface area contributed by atoms with Crippen LogP contribution in [0.25, 0.3) is 0 Å². The Morgan fingerprint density at radius 1 is 1.04 bits per heavy atom. The summed E-state index contributed by atoms with van der Waals surface area (Å²) in [5.74, 6) is -0.613. The van der Waals surface area contributed by atoms with Crippen LogP contribution in [0.3, 0.4) is 0 Å². The van der Waals surface area contributed by atoms with Crippen LogP contribution in [0.4, 0.5) is 8.78 Å². The van der Waals surface area contributed by atoms with E-state index in [0.29, 0.717) is 38.1 Å².